The van der Waals surface area contributed by atoms with Crippen molar-refractivity contribution in [2.24, 2.45) is 11.1 Å². The summed E-state index contributed by atoms with van der Waals surface area (Å²) in [5.41, 5.74) is 9.50. The van der Waals surface area contributed by atoms with Crippen LogP contribution in [0.5, 0.6) is 5.75 Å². The highest BCUT2D eigenvalue weighted by Crippen LogP contribution is 2.46. The van der Waals surface area contributed by atoms with Gasteiger partial charge >= 0.3 is 0 Å². The van der Waals surface area contributed by atoms with E-state index in [0.29, 0.717) is 28.2 Å². The average Bonchev–Trinajstić information content (AvgIpc) is 3.08. The number of aliphatic hydroxyl groups is 1. The molecular weight excluding hydrogens is 388 g/mol. The summed E-state index contributed by atoms with van der Waals surface area (Å²) >= 11 is 6.50. The average molecular weight is 417 g/mol. The molecule has 1 aromatic heterocycles. The molecule has 2 aliphatic rings. The molecule has 3 N–H and O–H groups in total. The minimum absolute atomic E-state index is 0.168. The van der Waals surface area contributed by atoms with Crippen molar-refractivity contribution in [3.8, 4) is 17.0 Å². The van der Waals surface area contributed by atoms with Crippen LogP contribution in [0.3, 0.4) is 0 Å². The summed E-state index contributed by atoms with van der Waals surface area (Å²) in [7, 11) is 1.59. The van der Waals surface area contributed by atoms with Crippen molar-refractivity contribution in [3.63, 3.8) is 0 Å². The number of piperidine rings is 1. The molecule has 1 aliphatic carbocycles. The lowest BCUT2D eigenvalue weighted by molar-refractivity contribution is 0.196. The van der Waals surface area contributed by atoms with Crippen LogP contribution in [0.15, 0.2) is 18.2 Å². The normalized spacial score (nSPS) is 21.0. The van der Waals surface area contributed by atoms with E-state index in [9.17, 15) is 5.11 Å². The quantitative estimate of drug-likeness (QED) is 0.790. The minimum Gasteiger partial charge on any atom is -0.495 e. The van der Waals surface area contributed by atoms with Crippen molar-refractivity contribution in [1.82, 2.24) is 9.97 Å². The lowest BCUT2D eigenvalue weighted by Gasteiger charge is -2.42. The van der Waals surface area contributed by atoms with Crippen molar-refractivity contribution in [2.75, 3.05) is 25.1 Å². The SMILES string of the molecule is COc1cccc(-c2nc(CO)c(N3CCC4(CCC[C@H]4N)CC3)nc2C)c1Cl. The molecule has 2 aromatic rings. The Hall–Kier alpha value is -1.89. The first-order valence-corrected chi connectivity index (χ1v) is 10.7. The van der Waals surface area contributed by atoms with Gasteiger partial charge in [-0.05, 0) is 44.1 Å². The molecular formula is C22H29ClN4O2. The van der Waals surface area contributed by atoms with Gasteiger partial charge in [-0.3, -0.25) is 0 Å². The number of nitrogens with two attached hydrogens (primary N) is 1. The number of methoxy groups -OCH3 is 1. The molecule has 7 heteroatoms. The predicted octanol–water partition coefficient (Wildman–Crippen LogP) is 3.70. The highest BCUT2D eigenvalue weighted by molar-refractivity contribution is 6.34. The van der Waals surface area contributed by atoms with Gasteiger partial charge in [0.25, 0.3) is 0 Å². The Morgan fingerprint density at radius 3 is 2.66 bits per heavy atom. The van der Waals surface area contributed by atoms with E-state index < -0.39 is 0 Å². The Bertz CT molecular complexity index is 897. The Balaban J connectivity index is 1.64. The molecule has 6 nitrogen and oxygen atoms in total. The third-order valence-electron chi connectivity index (χ3n) is 6.74. The van der Waals surface area contributed by atoms with Gasteiger partial charge < -0.3 is 20.5 Å². The maximum absolute atomic E-state index is 10.0. The van der Waals surface area contributed by atoms with Crippen LogP contribution in [0, 0.1) is 12.3 Å². The molecule has 1 saturated heterocycles. The van der Waals surface area contributed by atoms with Crippen LogP contribution in [0.2, 0.25) is 5.02 Å². The molecule has 0 unspecified atom stereocenters. The predicted molar refractivity (Wildman–Crippen MR) is 115 cm³/mol. The summed E-state index contributed by atoms with van der Waals surface area (Å²) in [5, 5.41) is 10.5. The van der Waals surface area contributed by atoms with Crippen LogP contribution in [0.1, 0.15) is 43.5 Å². The summed E-state index contributed by atoms with van der Waals surface area (Å²) in [6, 6.07) is 5.90. The Morgan fingerprint density at radius 1 is 1.28 bits per heavy atom. The molecule has 2 heterocycles. The van der Waals surface area contributed by atoms with E-state index >= 15 is 0 Å². The number of hydrogen-bond acceptors (Lipinski definition) is 6. The number of benzene rings is 1. The molecule has 1 saturated carbocycles. The number of rotatable bonds is 4. The number of aromatic nitrogens is 2. The largest absolute Gasteiger partial charge is 0.495 e. The first-order chi connectivity index (χ1) is 14.0. The molecule has 1 atom stereocenters. The minimum atomic E-state index is -0.168. The van der Waals surface area contributed by atoms with Crippen molar-refractivity contribution < 1.29 is 9.84 Å². The fourth-order valence-corrected chi connectivity index (χ4v) is 5.25. The summed E-state index contributed by atoms with van der Waals surface area (Å²) in [6.07, 6.45) is 5.74. The smallest absolute Gasteiger partial charge is 0.153 e. The Labute approximate surface area is 177 Å². The van der Waals surface area contributed by atoms with Gasteiger partial charge in [-0.1, -0.05) is 30.2 Å². The molecule has 1 spiro atoms. The molecule has 29 heavy (non-hydrogen) atoms. The second kappa shape index (κ2) is 8.09. The maximum atomic E-state index is 10.0. The lowest BCUT2D eigenvalue weighted by atomic mass is 9.74. The van der Waals surface area contributed by atoms with Crippen molar-refractivity contribution >= 4 is 17.4 Å². The molecule has 4 rings (SSSR count). The molecule has 156 valence electrons. The fraction of sp³-hybridized carbons (Fsp3) is 0.545. The molecule has 0 amide bonds. The molecule has 1 aromatic carbocycles. The van der Waals surface area contributed by atoms with E-state index in [1.807, 2.05) is 25.1 Å². The van der Waals surface area contributed by atoms with E-state index in [2.05, 4.69) is 4.90 Å². The lowest BCUT2D eigenvalue weighted by Crippen LogP contribution is -2.47. The second-order valence-electron chi connectivity index (χ2n) is 8.26. The molecule has 0 bridgehead atoms. The van der Waals surface area contributed by atoms with Crippen molar-refractivity contribution in [3.05, 3.63) is 34.6 Å². The molecule has 0 radical (unpaired) electrons. The Morgan fingerprint density at radius 2 is 2.03 bits per heavy atom. The van der Waals surface area contributed by atoms with Crippen LogP contribution in [-0.2, 0) is 6.61 Å². The number of aryl methyl sites for hydroxylation is 1. The van der Waals surface area contributed by atoms with Gasteiger partial charge in [0.1, 0.15) is 11.4 Å². The van der Waals surface area contributed by atoms with Gasteiger partial charge in [-0.15, -0.1) is 0 Å². The van der Waals surface area contributed by atoms with E-state index in [1.165, 1.54) is 12.8 Å². The van der Waals surface area contributed by atoms with E-state index in [-0.39, 0.29) is 12.0 Å². The van der Waals surface area contributed by atoms with Gasteiger partial charge in [0.15, 0.2) is 5.82 Å². The van der Waals surface area contributed by atoms with Crippen LogP contribution in [0.25, 0.3) is 11.3 Å². The third kappa shape index (κ3) is 3.58. The number of halogens is 1. The van der Waals surface area contributed by atoms with Crippen LogP contribution in [-0.4, -0.2) is 41.3 Å². The summed E-state index contributed by atoms with van der Waals surface area (Å²) in [6.45, 7) is 3.56. The van der Waals surface area contributed by atoms with E-state index in [1.54, 1.807) is 7.11 Å². The first-order valence-electron chi connectivity index (χ1n) is 10.3. The van der Waals surface area contributed by atoms with Gasteiger partial charge in [-0.2, -0.15) is 0 Å². The monoisotopic (exact) mass is 416 g/mol. The summed E-state index contributed by atoms with van der Waals surface area (Å²) < 4.78 is 5.33. The topological polar surface area (TPSA) is 84.5 Å². The maximum Gasteiger partial charge on any atom is 0.153 e. The number of anilines is 1. The fourth-order valence-electron chi connectivity index (χ4n) is 4.96. The molecule has 2 fully saturated rings. The third-order valence-corrected chi connectivity index (χ3v) is 7.13. The van der Waals surface area contributed by atoms with E-state index in [4.69, 9.17) is 32.0 Å². The van der Waals surface area contributed by atoms with Crippen molar-refractivity contribution in [1.29, 1.82) is 0 Å². The van der Waals surface area contributed by atoms with Gasteiger partial charge in [0.2, 0.25) is 0 Å². The van der Waals surface area contributed by atoms with E-state index in [0.717, 1.165) is 49.4 Å². The second-order valence-corrected chi connectivity index (χ2v) is 8.63. The first kappa shape index (κ1) is 20.4. The zero-order valence-corrected chi connectivity index (χ0v) is 17.9. The van der Waals surface area contributed by atoms with Crippen LogP contribution in [0.4, 0.5) is 5.82 Å². The van der Waals surface area contributed by atoms with Gasteiger partial charge in [-0.25, -0.2) is 9.97 Å². The number of aliphatic hydroxyl groups excluding tert-OH is 1. The standard InChI is InChI=1S/C22H29ClN4O2/c1-14-20(15-5-3-6-17(29-2)19(15)23)26-16(13-28)21(25-14)27-11-9-22(10-12-27)8-4-7-18(22)24/h3,5-6,18,28H,4,7-13,24H2,1-2H3/t18-/m1/s1. The summed E-state index contributed by atoms with van der Waals surface area (Å²) in [4.78, 5) is 11.9. The summed E-state index contributed by atoms with van der Waals surface area (Å²) in [5.74, 6) is 1.36. The Kier molecular flexibility index (Phi) is 5.69. The number of nitrogens with zero attached hydrogens (tertiary/aromatic N) is 3. The highest BCUT2D eigenvalue weighted by Gasteiger charge is 2.43. The zero-order valence-electron chi connectivity index (χ0n) is 17.1. The van der Waals surface area contributed by atoms with Gasteiger partial charge in [0.05, 0.1) is 30.1 Å². The highest BCUT2D eigenvalue weighted by atomic mass is 35.5. The molecule has 1 aliphatic heterocycles. The zero-order chi connectivity index (χ0) is 20.6. The number of hydrogen-bond donors (Lipinski definition) is 2. The number of ether oxygens (including phenoxy) is 1. The van der Waals surface area contributed by atoms with Gasteiger partial charge in [0, 0.05) is 24.7 Å². The van der Waals surface area contributed by atoms with Crippen LogP contribution < -0.4 is 15.4 Å². The van der Waals surface area contributed by atoms with Crippen LogP contribution >= 0.6 is 11.6 Å². The van der Waals surface area contributed by atoms with Crippen molar-refractivity contribution in [2.45, 2.75) is 51.7 Å².